The largest absolute Gasteiger partial charge is 0.384 e. The van der Waals surface area contributed by atoms with Crippen molar-refractivity contribution in [2.45, 2.75) is 36.2 Å². The van der Waals surface area contributed by atoms with Crippen LogP contribution >= 0.6 is 0 Å². The molecule has 0 aliphatic carbocycles. The van der Waals surface area contributed by atoms with Gasteiger partial charge >= 0.3 is 0 Å². The number of benzene rings is 1. The fraction of sp³-hybridized carbons (Fsp3) is 0.458. The first-order chi connectivity index (χ1) is 14.8. The van der Waals surface area contributed by atoms with Crippen molar-refractivity contribution in [1.29, 1.82) is 0 Å². The van der Waals surface area contributed by atoms with E-state index in [1.54, 1.807) is 24.4 Å². The molecule has 2 bridgehead atoms. The molecule has 3 heterocycles. The van der Waals surface area contributed by atoms with Gasteiger partial charge in [-0.15, -0.1) is 0 Å². The molecule has 0 amide bonds. The van der Waals surface area contributed by atoms with E-state index in [0.717, 1.165) is 30.0 Å². The van der Waals surface area contributed by atoms with Crippen LogP contribution < -0.4 is 4.90 Å². The van der Waals surface area contributed by atoms with Crippen LogP contribution in [-0.2, 0) is 9.84 Å². The fourth-order valence-corrected chi connectivity index (χ4v) is 5.78. The molecule has 2 aliphatic rings. The van der Waals surface area contributed by atoms with Gasteiger partial charge in [0.15, 0.2) is 9.84 Å². The van der Waals surface area contributed by atoms with Crippen LogP contribution in [0.4, 0.5) is 5.69 Å². The molecule has 2 aromatic rings. The van der Waals surface area contributed by atoms with E-state index >= 15 is 0 Å². The topological polar surface area (TPSA) is 56.8 Å². The Morgan fingerprint density at radius 1 is 1.10 bits per heavy atom. The van der Waals surface area contributed by atoms with Crippen LogP contribution in [0.1, 0.15) is 19.3 Å². The van der Waals surface area contributed by atoms with Crippen LogP contribution in [0.3, 0.4) is 0 Å². The number of rotatable bonds is 6. The van der Waals surface area contributed by atoms with E-state index in [4.69, 9.17) is 0 Å². The zero-order valence-corrected chi connectivity index (χ0v) is 19.4. The standard InChI is InChI=1S/C24H32N4O2S/c1-26(2)15-5-17-31(29,30)22-11-7-19(8-12-22)24-23(6-4-14-25-24)28-16-13-20-9-10-21(18-28)27(20)3/h4-8,11-12,14-15,20-21H,9-10,13,16-18H2,1-3H3. The van der Waals surface area contributed by atoms with Gasteiger partial charge in [-0.25, -0.2) is 8.42 Å². The molecule has 166 valence electrons. The molecule has 7 heteroatoms. The van der Waals surface area contributed by atoms with Gasteiger partial charge in [0.25, 0.3) is 0 Å². The van der Waals surface area contributed by atoms with Gasteiger partial charge in [-0.1, -0.05) is 18.2 Å². The molecule has 2 fully saturated rings. The van der Waals surface area contributed by atoms with Crippen LogP contribution in [0, 0.1) is 0 Å². The van der Waals surface area contributed by atoms with Crippen molar-refractivity contribution in [2.24, 2.45) is 0 Å². The minimum Gasteiger partial charge on any atom is -0.384 e. The van der Waals surface area contributed by atoms with Crippen LogP contribution in [0.5, 0.6) is 0 Å². The molecule has 0 N–H and O–H groups in total. The summed E-state index contributed by atoms with van der Waals surface area (Å²) in [5, 5.41) is 0. The molecule has 0 saturated carbocycles. The van der Waals surface area contributed by atoms with Gasteiger partial charge in [-0.05, 0) is 56.8 Å². The summed E-state index contributed by atoms with van der Waals surface area (Å²) in [4.78, 5) is 11.8. The summed E-state index contributed by atoms with van der Waals surface area (Å²) in [6, 6.07) is 12.5. The third-order valence-corrected chi connectivity index (χ3v) is 8.10. The third kappa shape index (κ3) is 4.77. The van der Waals surface area contributed by atoms with Crippen molar-refractivity contribution in [3.05, 3.63) is 54.9 Å². The number of fused-ring (bicyclic) bond motifs is 2. The highest BCUT2D eigenvalue weighted by molar-refractivity contribution is 7.91. The second-order valence-electron chi connectivity index (χ2n) is 8.81. The van der Waals surface area contributed by atoms with Crippen molar-refractivity contribution in [2.75, 3.05) is 44.9 Å². The molecule has 0 radical (unpaired) electrons. The predicted molar refractivity (Wildman–Crippen MR) is 126 cm³/mol. The maximum Gasteiger partial charge on any atom is 0.181 e. The second kappa shape index (κ2) is 9.01. The van der Waals surface area contributed by atoms with Crippen molar-refractivity contribution < 1.29 is 8.42 Å². The van der Waals surface area contributed by atoms with Crippen molar-refractivity contribution in [3.63, 3.8) is 0 Å². The van der Waals surface area contributed by atoms with Crippen LogP contribution in [-0.4, -0.2) is 75.3 Å². The van der Waals surface area contributed by atoms with Crippen LogP contribution in [0.25, 0.3) is 11.3 Å². The molecule has 2 aliphatic heterocycles. The molecular weight excluding hydrogens is 408 g/mol. The van der Waals surface area contributed by atoms with E-state index in [9.17, 15) is 8.42 Å². The van der Waals surface area contributed by atoms with E-state index in [1.807, 2.05) is 43.4 Å². The zero-order chi connectivity index (χ0) is 22.0. The summed E-state index contributed by atoms with van der Waals surface area (Å²) >= 11 is 0. The second-order valence-corrected chi connectivity index (χ2v) is 10.8. The molecule has 1 aromatic carbocycles. The average molecular weight is 441 g/mol. The molecule has 2 saturated heterocycles. The Bertz CT molecular complexity index is 1030. The van der Waals surface area contributed by atoms with Crippen molar-refractivity contribution in [1.82, 2.24) is 14.8 Å². The average Bonchev–Trinajstić information content (AvgIpc) is 2.99. The lowest BCUT2D eigenvalue weighted by Crippen LogP contribution is -2.36. The van der Waals surface area contributed by atoms with Crippen LogP contribution in [0.2, 0.25) is 0 Å². The number of nitrogens with zero attached hydrogens (tertiary/aromatic N) is 4. The van der Waals surface area contributed by atoms with E-state index in [-0.39, 0.29) is 5.75 Å². The first-order valence-electron chi connectivity index (χ1n) is 10.9. The Labute approximate surface area is 186 Å². The Hall–Kier alpha value is -2.38. The Morgan fingerprint density at radius 3 is 2.58 bits per heavy atom. The maximum atomic E-state index is 12.6. The smallest absolute Gasteiger partial charge is 0.181 e. The molecule has 4 rings (SSSR count). The van der Waals surface area contributed by atoms with Gasteiger partial charge in [0, 0.05) is 51.0 Å². The normalized spacial score (nSPS) is 22.1. The van der Waals surface area contributed by atoms with E-state index in [1.165, 1.54) is 19.3 Å². The quantitative estimate of drug-likeness (QED) is 0.687. The fourth-order valence-electron chi connectivity index (χ4n) is 4.70. The summed E-state index contributed by atoms with van der Waals surface area (Å²) in [7, 11) is 2.64. The summed E-state index contributed by atoms with van der Waals surface area (Å²) in [6.07, 6.45) is 8.96. The minimum atomic E-state index is -3.35. The molecule has 2 atom stereocenters. The third-order valence-electron chi connectivity index (χ3n) is 6.48. The summed E-state index contributed by atoms with van der Waals surface area (Å²) in [6.45, 7) is 2.03. The first-order valence-corrected chi connectivity index (χ1v) is 12.6. The van der Waals surface area contributed by atoms with Crippen molar-refractivity contribution in [3.8, 4) is 11.3 Å². The maximum absolute atomic E-state index is 12.6. The van der Waals surface area contributed by atoms with Gasteiger partial charge in [0.05, 0.1) is 22.0 Å². The van der Waals surface area contributed by atoms with Gasteiger partial charge in [0.1, 0.15) is 0 Å². The lowest BCUT2D eigenvalue weighted by atomic mass is 10.1. The molecular formula is C24H32N4O2S. The Morgan fingerprint density at radius 2 is 1.84 bits per heavy atom. The van der Waals surface area contributed by atoms with Gasteiger partial charge < -0.3 is 9.80 Å². The summed E-state index contributed by atoms with van der Waals surface area (Å²) < 4.78 is 25.2. The lowest BCUT2D eigenvalue weighted by Gasteiger charge is -2.29. The number of likely N-dealkylation sites (N-methyl/N-ethyl adjacent to an activating group) is 1. The number of anilines is 1. The zero-order valence-electron chi connectivity index (χ0n) is 18.6. The first kappa shape index (κ1) is 21.8. The molecule has 6 nitrogen and oxygen atoms in total. The Kier molecular flexibility index (Phi) is 6.34. The molecule has 1 aromatic heterocycles. The summed E-state index contributed by atoms with van der Waals surface area (Å²) in [5.74, 6) is -0.0107. The monoisotopic (exact) mass is 440 g/mol. The van der Waals surface area contributed by atoms with E-state index < -0.39 is 9.84 Å². The number of hydrogen-bond donors (Lipinski definition) is 0. The highest BCUT2D eigenvalue weighted by atomic mass is 32.2. The molecule has 2 unspecified atom stereocenters. The highest BCUT2D eigenvalue weighted by Gasteiger charge is 2.35. The minimum absolute atomic E-state index is 0.0107. The molecule has 0 spiro atoms. The Balaban J connectivity index is 1.57. The predicted octanol–water partition coefficient (Wildman–Crippen LogP) is 3.27. The number of pyridine rings is 1. The van der Waals surface area contributed by atoms with Gasteiger partial charge in [0.2, 0.25) is 0 Å². The van der Waals surface area contributed by atoms with Gasteiger partial charge in [-0.3, -0.25) is 9.88 Å². The number of sulfone groups is 1. The SMILES string of the molecule is CN(C)C=CCS(=O)(=O)c1ccc(-c2ncccc2N2CCC3CCC(C2)N3C)cc1. The van der Waals surface area contributed by atoms with Crippen LogP contribution in [0.15, 0.2) is 59.8 Å². The number of aromatic nitrogens is 1. The van der Waals surface area contributed by atoms with Crippen molar-refractivity contribution >= 4 is 15.5 Å². The number of hydrogen-bond acceptors (Lipinski definition) is 6. The van der Waals surface area contributed by atoms with Gasteiger partial charge in [-0.2, -0.15) is 0 Å². The highest BCUT2D eigenvalue weighted by Crippen LogP contribution is 2.34. The van der Waals surface area contributed by atoms with E-state index in [0.29, 0.717) is 17.0 Å². The van der Waals surface area contributed by atoms with E-state index in [2.05, 4.69) is 27.9 Å². The summed E-state index contributed by atoms with van der Waals surface area (Å²) in [5.41, 5.74) is 2.99. The molecule has 31 heavy (non-hydrogen) atoms. The lowest BCUT2D eigenvalue weighted by molar-refractivity contribution is 0.254.